The van der Waals surface area contributed by atoms with Gasteiger partial charge in [-0.15, -0.1) is 11.3 Å². The van der Waals surface area contributed by atoms with E-state index in [0.717, 1.165) is 22.3 Å². The van der Waals surface area contributed by atoms with E-state index in [1.807, 2.05) is 6.07 Å². The van der Waals surface area contributed by atoms with Crippen molar-refractivity contribution in [1.29, 1.82) is 0 Å². The van der Waals surface area contributed by atoms with Gasteiger partial charge in [0, 0.05) is 23.5 Å². The summed E-state index contributed by atoms with van der Waals surface area (Å²) in [5.41, 5.74) is 6.76. The van der Waals surface area contributed by atoms with Gasteiger partial charge in [0.15, 0.2) is 5.84 Å². The van der Waals surface area contributed by atoms with E-state index in [0.29, 0.717) is 12.1 Å². The number of nitrogens with two attached hydrogens (primary N) is 1. The van der Waals surface area contributed by atoms with Crippen LogP contribution in [0.2, 0.25) is 0 Å². The van der Waals surface area contributed by atoms with Crippen LogP contribution in [0.4, 0.5) is 4.39 Å². The lowest BCUT2D eigenvalue weighted by Gasteiger charge is -2.09. The van der Waals surface area contributed by atoms with Gasteiger partial charge in [0.2, 0.25) is 0 Å². The molecule has 2 aromatic rings. The van der Waals surface area contributed by atoms with Gasteiger partial charge in [-0.25, -0.2) is 4.39 Å². The number of halogens is 2. The second kappa shape index (κ2) is 7.53. The number of amidine groups is 1. The first-order valence-electron chi connectivity index (χ1n) is 6.31. The van der Waals surface area contributed by atoms with Gasteiger partial charge >= 0.3 is 0 Å². The minimum atomic E-state index is -0.413. The molecule has 1 aromatic carbocycles. The van der Waals surface area contributed by atoms with Gasteiger partial charge in [0.05, 0.1) is 3.79 Å². The molecule has 0 aliphatic rings. The van der Waals surface area contributed by atoms with Crippen LogP contribution in [0, 0.1) is 5.82 Å². The zero-order valence-corrected chi connectivity index (χ0v) is 13.5. The molecule has 1 aromatic heterocycles. The molecule has 0 spiro atoms. The van der Waals surface area contributed by atoms with E-state index in [1.165, 1.54) is 17.0 Å². The third-order valence-corrected chi connectivity index (χ3v) is 4.63. The van der Waals surface area contributed by atoms with Crippen molar-refractivity contribution in [3.8, 4) is 0 Å². The molecule has 7 heteroatoms. The fourth-order valence-corrected chi connectivity index (χ4v) is 3.40. The van der Waals surface area contributed by atoms with Crippen molar-refractivity contribution in [2.24, 2.45) is 10.9 Å². The average molecular weight is 372 g/mol. The van der Waals surface area contributed by atoms with Gasteiger partial charge < -0.3 is 16.3 Å². The average Bonchev–Trinajstić information content (AvgIpc) is 2.89. The van der Waals surface area contributed by atoms with Gasteiger partial charge in [-0.3, -0.25) is 0 Å². The van der Waals surface area contributed by atoms with E-state index in [1.54, 1.807) is 17.4 Å². The van der Waals surface area contributed by atoms with Gasteiger partial charge in [0.1, 0.15) is 5.82 Å². The standard InChI is InChI=1S/C14H15BrFN3OS/c15-13-4-3-11(21-13)5-6-18-8-9-1-2-10(16)7-12(9)14(17)19-20/h1-4,7,18,20H,5-6,8H2,(H2,17,19). The highest BCUT2D eigenvalue weighted by molar-refractivity contribution is 9.11. The van der Waals surface area contributed by atoms with Crippen molar-refractivity contribution in [2.75, 3.05) is 6.54 Å². The highest BCUT2D eigenvalue weighted by Crippen LogP contribution is 2.22. The quantitative estimate of drug-likeness (QED) is 0.240. The van der Waals surface area contributed by atoms with Crippen molar-refractivity contribution < 1.29 is 9.60 Å². The van der Waals surface area contributed by atoms with Crippen molar-refractivity contribution in [1.82, 2.24) is 5.32 Å². The van der Waals surface area contributed by atoms with E-state index in [2.05, 4.69) is 32.5 Å². The second-order valence-corrected chi connectivity index (χ2v) is 6.97. The molecule has 2 rings (SSSR count). The summed E-state index contributed by atoms with van der Waals surface area (Å²) < 4.78 is 14.4. The number of nitrogens with zero attached hydrogens (tertiary/aromatic N) is 1. The molecule has 0 radical (unpaired) electrons. The van der Waals surface area contributed by atoms with E-state index < -0.39 is 5.82 Å². The Balaban J connectivity index is 1.93. The highest BCUT2D eigenvalue weighted by Gasteiger charge is 2.08. The Bertz CT molecular complexity index is 645. The summed E-state index contributed by atoms with van der Waals surface area (Å²) in [6, 6.07) is 8.37. The summed E-state index contributed by atoms with van der Waals surface area (Å²) in [7, 11) is 0. The number of oxime groups is 1. The summed E-state index contributed by atoms with van der Waals surface area (Å²) in [5.74, 6) is -0.503. The maximum Gasteiger partial charge on any atom is 0.170 e. The summed E-state index contributed by atoms with van der Waals surface area (Å²) in [5, 5.41) is 15.0. The normalized spacial score (nSPS) is 11.8. The topological polar surface area (TPSA) is 70.6 Å². The summed E-state index contributed by atoms with van der Waals surface area (Å²) in [6.45, 7) is 1.32. The molecule has 0 bridgehead atoms. The van der Waals surface area contributed by atoms with Gasteiger partial charge in [-0.1, -0.05) is 11.2 Å². The predicted molar refractivity (Wildman–Crippen MR) is 86.3 cm³/mol. The molecule has 0 unspecified atom stereocenters. The molecule has 0 amide bonds. The first-order chi connectivity index (χ1) is 10.1. The summed E-state index contributed by atoms with van der Waals surface area (Å²) in [6.07, 6.45) is 0.913. The Labute approximate surface area is 134 Å². The van der Waals surface area contributed by atoms with Crippen molar-refractivity contribution >= 4 is 33.1 Å². The van der Waals surface area contributed by atoms with E-state index >= 15 is 0 Å². The molecule has 0 atom stereocenters. The number of benzene rings is 1. The first-order valence-corrected chi connectivity index (χ1v) is 7.92. The Morgan fingerprint density at radius 2 is 2.19 bits per heavy atom. The zero-order valence-electron chi connectivity index (χ0n) is 11.1. The first kappa shape index (κ1) is 15.9. The fourth-order valence-electron chi connectivity index (χ4n) is 1.92. The lowest BCUT2D eigenvalue weighted by Crippen LogP contribution is -2.21. The van der Waals surface area contributed by atoms with Crippen LogP contribution >= 0.6 is 27.3 Å². The van der Waals surface area contributed by atoms with Gasteiger partial charge in [-0.2, -0.15) is 0 Å². The number of hydrogen-bond donors (Lipinski definition) is 3. The molecule has 0 saturated heterocycles. The Kier molecular flexibility index (Phi) is 5.72. The Morgan fingerprint density at radius 3 is 2.86 bits per heavy atom. The molecule has 21 heavy (non-hydrogen) atoms. The molecule has 1 heterocycles. The Hall–Kier alpha value is -1.44. The third-order valence-electron chi connectivity index (χ3n) is 2.95. The van der Waals surface area contributed by atoms with Crippen LogP contribution in [0.3, 0.4) is 0 Å². The maximum atomic E-state index is 13.2. The van der Waals surface area contributed by atoms with Crippen molar-refractivity contribution in [3.05, 3.63) is 55.9 Å². The van der Waals surface area contributed by atoms with E-state index in [4.69, 9.17) is 10.9 Å². The minimum absolute atomic E-state index is 0.0894. The molecule has 0 saturated carbocycles. The lowest BCUT2D eigenvalue weighted by atomic mass is 10.1. The van der Waals surface area contributed by atoms with Gasteiger partial charge in [0.25, 0.3) is 0 Å². The highest BCUT2D eigenvalue weighted by atomic mass is 79.9. The molecule has 112 valence electrons. The van der Waals surface area contributed by atoms with Crippen LogP contribution in [0.1, 0.15) is 16.0 Å². The predicted octanol–water partition coefficient (Wildman–Crippen LogP) is 3.08. The van der Waals surface area contributed by atoms with Crippen molar-refractivity contribution in [2.45, 2.75) is 13.0 Å². The van der Waals surface area contributed by atoms with Crippen LogP contribution in [-0.2, 0) is 13.0 Å². The maximum absolute atomic E-state index is 13.2. The number of rotatable bonds is 6. The number of hydrogen-bond acceptors (Lipinski definition) is 4. The van der Waals surface area contributed by atoms with Crippen LogP contribution in [0.15, 0.2) is 39.3 Å². The van der Waals surface area contributed by atoms with Gasteiger partial charge in [-0.05, 0) is 52.2 Å². The summed E-state index contributed by atoms with van der Waals surface area (Å²) >= 11 is 5.13. The SMILES string of the molecule is N/C(=N/O)c1cc(F)ccc1CNCCc1ccc(Br)s1. The lowest BCUT2D eigenvalue weighted by molar-refractivity contribution is 0.318. The zero-order chi connectivity index (χ0) is 15.2. The monoisotopic (exact) mass is 371 g/mol. The minimum Gasteiger partial charge on any atom is -0.409 e. The molecule has 0 fully saturated rings. The van der Waals surface area contributed by atoms with Crippen LogP contribution in [0.25, 0.3) is 0 Å². The molecule has 0 aliphatic carbocycles. The van der Waals surface area contributed by atoms with Crippen LogP contribution < -0.4 is 11.1 Å². The second-order valence-electron chi connectivity index (χ2n) is 4.42. The Morgan fingerprint density at radius 1 is 1.38 bits per heavy atom. The van der Waals surface area contributed by atoms with Crippen LogP contribution in [-0.4, -0.2) is 17.6 Å². The van der Waals surface area contributed by atoms with Crippen LogP contribution in [0.5, 0.6) is 0 Å². The molecule has 4 nitrogen and oxygen atoms in total. The smallest absolute Gasteiger partial charge is 0.170 e. The molecule has 4 N–H and O–H groups in total. The molecule has 0 aliphatic heterocycles. The molecular weight excluding hydrogens is 357 g/mol. The fraction of sp³-hybridized carbons (Fsp3) is 0.214. The summed E-state index contributed by atoms with van der Waals surface area (Å²) in [4.78, 5) is 1.28. The largest absolute Gasteiger partial charge is 0.409 e. The molecular formula is C14H15BrFN3OS. The third kappa shape index (κ3) is 4.52. The van der Waals surface area contributed by atoms with E-state index in [-0.39, 0.29) is 5.84 Å². The number of nitrogens with one attached hydrogen (secondary N) is 1. The number of thiophene rings is 1. The van der Waals surface area contributed by atoms with Crippen molar-refractivity contribution in [3.63, 3.8) is 0 Å². The van der Waals surface area contributed by atoms with E-state index in [9.17, 15) is 4.39 Å².